The maximum absolute atomic E-state index is 11.7. The molecular formula is C19H26O5. The van der Waals surface area contributed by atoms with E-state index in [-0.39, 0.29) is 0 Å². The van der Waals surface area contributed by atoms with Crippen LogP contribution in [0.1, 0.15) is 53.4 Å². The van der Waals surface area contributed by atoms with E-state index in [1.54, 1.807) is 32.9 Å². The lowest BCUT2D eigenvalue weighted by Crippen LogP contribution is -2.42. The SMILES string of the molecule is CC(=O)OC1(C)C=CC(C2=C(C(C)(C)O)CCCC2)=CC1C(=O)O. The van der Waals surface area contributed by atoms with Gasteiger partial charge in [-0.1, -0.05) is 12.2 Å². The topological polar surface area (TPSA) is 83.8 Å². The monoisotopic (exact) mass is 334 g/mol. The molecule has 2 aliphatic carbocycles. The van der Waals surface area contributed by atoms with Crippen LogP contribution in [0.3, 0.4) is 0 Å². The van der Waals surface area contributed by atoms with E-state index in [4.69, 9.17) is 4.74 Å². The molecule has 0 spiro atoms. The number of esters is 1. The first-order chi connectivity index (χ1) is 11.0. The zero-order chi connectivity index (χ0) is 18.1. The third-order valence-corrected chi connectivity index (χ3v) is 4.74. The largest absolute Gasteiger partial charge is 0.481 e. The van der Waals surface area contributed by atoms with Crippen LogP contribution in [0.25, 0.3) is 0 Å². The predicted octanol–water partition coefficient (Wildman–Crippen LogP) is 3.15. The zero-order valence-electron chi connectivity index (χ0n) is 14.8. The number of rotatable bonds is 4. The molecule has 0 aromatic rings. The fourth-order valence-corrected chi connectivity index (χ4v) is 3.58. The third-order valence-electron chi connectivity index (χ3n) is 4.74. The number of hydrogen-bond acceptors (Lipinski definition) is 4. The summed E-state index contributed by atoms with van der Waals surface area (Å²) in [5.74, 6) is -2.51. The van der Waals surface area contributed by atoms with Crippen molar-refractivity contribution in [2.75, 3.05) is 0 Å². The van der Waals surface area contributed by atoms with Crippen molar-refractivity contribution in [3.05, 3.63) is 34.9 Å². The van der Waals surface area contributed by atoms with Gasteiger partial charge in [-0.05, 0) is 69.2 Å². The van der Waals surface area contributed by atoms with E-state index >= 15 is 0 Å². The van der Waals surface area contributed by atoms with Crippen LogP contribution >= 0.6 is 0 Å². The first kappa shape index (κ1) is 18.5. The van der Waals surface area contributed by atoms with Crippen LogP contribution in [0.15, 0.2) is 34.9 Å². The highest BCUT2D eigenvalue weighted by Gasteiger charge is 2.41. The molecule has 0 radical (unpaired) electrons. The van der Waals surface area contributed by atoms with E-state index in [2.05, 4.69) is 0 Å². The Morgan fingerprint density at radius 2 is 1.92 bits per heavy atom. The average Bonchev–Trinajstić information content (AvgIpc) is 2.45. The number of carboxylic acids is 1. The molecule has 0 saturated carbocycles. The van der Waals surface area contributed by atoms with Gasteiger partial charge in [-0.25, -0.2) is 0 Å². The molecular weight excluding hydrogens is 308 g/mol. The van der Waals surface area contributed by atoms with Gasteiger partial charge in [-0.2, -0.15) is 0 Å². The fraction of sp³-hybridized carbons (Fsp3) is 0.579. The molecule has 2 N–H and O–H groups in total. The summed E-state index contributed by atoms with van der Waals surface area (Å²) in [5, 5.41) is 20.0. The Kier molecular flexibility index (Phi) is 5.04. The van der Waals surface area contributed by atoms with Crippen LogP contribution in [-0.2, 0) is 14.3 Å². The molecule has 2 rings (SSSR count). The second-order valence-corrected chi connectivity index (χ2v) is 7.27. The third kappa shape index (κ3) is 3.78. The molecule has 0 aromatic carbocycles. The average molecular weight is 334 g/mol. The zero-order valence-corrected chi connectivity index (χ0v) is 14.8. The highest BCUT2D eigenvalue weighted by molar-refractivity contribution is 5.77. The summed E-state index contributed by atoms with van der Waals surface area (Å²) in [5.41, 5.74) is 0.653. The Labute approximate surface area is 142 Å². The predicted molar refractivity (Wildman–Crippen MR) is 90.3 cm³/mol. The van der Waals surface area contributed by atoms with Crippen LogP contribution in [0.4, 0.5) is 0 Å². The lowest BCUT2D eigenvalue weighted by atomic mass is 9.75. The first-order valence-corrected chi connectivity index (χ1v) is 8.33. The molecule has 5 nitrogen and oxygen atoms in total. The number of carbonyl (C=O) groups excluding carboxylic acids is 1. The van der Waals surface area contributed by atoms with Crippen molar-refractivity contribution in [3.63, 3.8) is 0 Å². The molecule has 0 saturated heterocycles. The van der Waals surface area contributed by atoms with E-state index in [9.17, 15) is 19.8 Å². The molecule has 0 heterocycles. The minimum absolute atomic E-state index is 0.515. The minimum Gasteiger partial charge on any atom is -0.481 e. The Morgan fingerprint density at radius 1 is 1.29 bits per heavy atom. The normalized spacial score (nSPS) is 27.7. The van der Waals surface area contributed by atoms with Gasteiger partial charge in [0.05, 0.1) is 5.60 Å². The van der Waals surface area contributed by atoms with Crippen molar-refractivity contribution in [2.24, 2.45) is 5.92 Å². The van der Waals surface area contributed by atoms with Gasteiger partial charge in [-0.15, -0.1) is 0 Å². The van der Waals surface area contributed by atoms with Gasteiger partial charge in [0.2, 0.25) is 0 Å². The van der Waals surface area contributed by atoms with Gasteiger partial charge in [0, 0.05) is 6.92 Å². The van der Waals surface area contributed by atoms with Crippen molar-refractivity contribution in [3.8, 4) is 0 Å². The number of ether oxygens (including phenoxy) is 1. The van der Waals surface area contributed by atoms with Crippen molar-refractivity contribution in [1.29, 1.82) is 0 Å². The highest BCUT2D eigenvalue weighted by atomic mass is 16.6. The van der Waals surface area contributed by atoms with Crippen LogP contribution in [0, 0.1) is 5.92 Å². The molecule has 0 amide bonds. The molecule has 0 aliphatic heterocycles. The van der Waals surface area contributed by atoms with Crippen LogP contribution < -0.4 is 0 Å². The Hall–Kier alpha value is -1.88. The molecule has 0 fully saturated rings. The summed E-state index contributed by atoms with van der Waals surface area (Å²) in [6, 6.07) is 0. The molecule has 132 valence electrons. The number of allylic oxidation sites excluding steroid dienone is 3. The molecule has 2 unspecified atom stereocenters. The summed E-state index contributed by atoms with van der Waals surface area (Å²) >= 11 is 0. The Morgan fingerprint density at radius 3 is 2.46 bits per heavy atom. The lowest BCUT2D eigenvalue weighted by molar-refractivity contribution is -0.160. The molecule has 24 heavy (non-hydrogen) atoms. The molecule has 5 heteroatoms. The van der Waals surface area contributed by atoms with Gasteiger partial charge in [0.15, 0.2) is 0 Å². The summed E-state index contributed by atoms with van der Waals surface area (Å²) in [6.07, 6.45) is 8.76. The molecule has 0 bridgehead atoms. The van der Waals surface area contributed by atoms with Gasteiger partial charge < -0.3 is 14.9 Å². The highest BCUT2D eigenvalue weighted by Crippen LogP contribution is 2.40. The minimum atomic E-state index is -1.20. The van der Waals surface area contributed by atoms with E-state index in [0.29, 0.717) is 0 Å². The van der Waals surface area contributed by atoms with Crippen LogP contribution in [0.2, 0.25) is 0 Å². The maximum atomic E-state index is 11.7. The van der Waals surface area contributed by atoms with Gasteiger partial charge in [-0.3, -0.25) is 9.59 Å². The number of aliphatic hydroxyl groups is 1. The summed E-state index contributed by atoms with van der Waals surface area (Å²) in [4.78, 5) is 23.1. The van der Waals surface area contributed by atoms with E-state index in [1.165, 1.54) is 6.92 Å². The van der Waals surface area contributed by atoms with E-state index in [0.717, 1.165) is 42.4 Å². The maximum Gasteiger partial charge on any atom is 0.314 e. The summed E-state index contributed by atoms with van der Waals surface area (Å²) < 4.78 is 5.27. The molecule has 2 atom stereocenters. The lowest BCUT2D eigenvalue weighted by Gasteiger charge is -2.35. The van der Waals surface area contributed by atoms with Crippen molar-refractivity contribution in [1.82, 2.24) is 0 Å². The fourth-order valence-electron chi connectivity index (χ4n) is 3.58. The second kappa shape index (κ2) is 6.55. The quantitative estimate of drug-likeness (QED) is 0.772. The van der Waals surface area contributed by atoms with Crippen molar-refractivity contribution >= 4 is 11.9 Å². The van der Waals surface area contributed by atoms with E-state index in [1.807, 2.05) is 6.08 Å². The van der Waals surface area contributed by atoms with E-state index < -0.39 is 29.1 Å². The number of hydrogen-bond donors (Lipinski definition) is 2. The Bertz CT molecular complexity index is 633. The van der Waals surface area contributed by atoms with Gasteiger partial charge in [0.1, 0.15) is 11.5 Å². The first-order valence-electron chi connectivity index (χ1n) is 8.33. The van der Waals surface area contributed by atoms with Crippen LogP contribution in [-0.4, -0.2) is 33.4 Å². The van der Waals surface area contributed by atoms with Gasteiger partial charge >= 0.3 is 11.9 Å². The molecule has 0 aromatic heterocycles. The van der Waals surface area contributed by atoms with Crippen molar-refractivity contribution < 1.29 is 24.5 Å². The van der Waals surface area contributed by atoms with Crippen LogP contribution in [0.5, 0.6) is 0 Å². The summed E-state index contributed by atoms with van der Waals surface area (Å²) in [7, 11) is 0. The Balaban J connectivity index is 2.47. The van der Waals surface area contributed by atoms with Crippen molar-refractivity contribution in [2.45, 2.75) is 64.6 Å². The second-order valence-electron chi connectivity index (χ2n) is 7.27. The van der Waals surface area contributed by atoms with Gasteiger partial charge in [0.25, 0.3) is 0 Å². The molecule has 2 aliphatic rings. The number of aliphatic carboxylic acids is 1. The number of carboxylic acid groups (broad SMARTS) is 1. The standard InChI is InChI=1S/C19H26O5/c1-12(20)24-19(4)10-9-13(11-16(19)17(21)22)14-7-5-6-8-15(14)18(2,3)23/h9-11,16,23H,5-8H2,1-4H3,(H,21,22). The smallest absolute Gasteiger partial charge is 0.314 e. The summed E-state index contributed by atoms with van der Waals surface area (Å²) in [6.45, 7) is 6.40. The number of carbonyl (C=O) groups is 2.